The largest absolute Gasteiger partial charge is 0.296 e. The maximum Gasteiger partial charge on any atom is 0.107 e. The summed E-state index contributed by atoms with van der Waals surface area (Å²) in [4.78, 5) is 6.71. The zero-order valence-electron chi connectivity index (χ0n) is 7.87. The summed E-state index contributed by atoms with van der Waals surface area (Å²) in [5, 5.41) is 4.29. The van der Waals surface area contributed by atoms with Gasteiger partial charge in [0, 0.05) is 23.5 Å². The second-order valence-electron chi connectivity index (χ2n) is 2.89. The van der Waals surface area contributed by atoms with E-state index in [4.69, 9.17) is 0 Å². The zero-order chi connectivity index (χ0) is 9.52. The smallest absolute Gasteiger partial charge is 0.107 e. The van der Waals surface area contributed by atoms with Crippen LogP contribution in [0.25, 0.3) is 0 Å². The van der Waals surface area contributed by atoms with Crippen molar-refractivity contribution >= 4 is 27.3 Å². The number of halogens is 1. The van der Waals surface area contributed by atoms with Gasteiger partial charge >= 0.3 is 0 Å². The second kappa shape index (κ2) is 6.51. The fourth-order valence-electron chi connectivity index (χ4n) is 1.23. The van der Waals surface area contributed by atoms with Crippen LogP contribution in [0.15, 0.2) is 11.6 Å². The third-order valence-electron chi connectivity index (χ3n) is 1.78. The fraction of sp³-hybridized carbons (Fsp3) is 0.667. The molecule has 0 radical (unpaired) electrons. The van der Waals surface area contributed by atoms with E-state index in [1.807, 2.05) is 11.6 Å². The number of hydrogen-bond donors (Lipinski definition) is 0. The normalized spacial score (nSPS) is 11.0. The average molecular weight is 263 g/mol. The van der Waals surface area contributed by atoms with Gasteiger partial charge in [-0.25, -0.2) is 4.98 Å². The molecular weight excluding hydrogens is 248 g/mol. The topological polar surface area (TPSA) is 16.1 Å². The summed E-state index contributed by atoms with van der Waals surface area (Å²) in [6.07, 6.45) is 3.08. The predicted octanol–water partition coefficient (Wildman–Crippen LogP) is 2.75. The minimum Gasteiger partial charge on any atom is -0.296 e. The highest BCUT2D eigenvalue weighted by Gasteiger charge is 2.05. The van der Waals surface area contributed by atoms with Gasteiger partial charge in [-0.05, 0) is 13.0 Å². The summed E-state index contributed by atoms with van der Waals surface area (Å²) in [7, 11) is 0. The van der Waals surface area contributed by atoms with E-state index in [0.29, 0.717) is 0 Å². The number of hydrogen-bond acceptors (Lipinski definition) is 3. The van der Waals surface area contributed by atoms with Crippen LogP contribution in [0.1, 0.15) is 18.4 Å². The van der Waals surface area contributed by atoms with Gasteiger partial charge in [-0.15, -0.1) is 11.3 Å². The Bertz CT molecular complexity index is 207. The van der Waals surface area contributed by atoms with Crippen LogP contribution < -0.4 is 0 Å². The Kier molecular flexibility index (Phi) is 5.58. The molecule has 0 saturated heterocycles. The summed E-state index contributed by atoms with van der Waals surface area (Å²) in [5.41, 5.74) is 0. The van der Waals surface area contributed by atoms with Crippen LogP contribution in [0.2, 0.25) is 0 Å². The van der Waals surface area contributed by atoms with Gasteiger partial charge in [0.2, 0.25) is 0 Å². The SMILES string of the molecule is CCCN(CCBr)Cc1nccs1. The molecule has 0 unspecified atom stereocenters. The van der Waals surface area contributed by atoms with E-state index in [-0.39, 0.29) is 0 Å². The second-order valence-corrected chi connectivity index (χ2v) is 4.66. The third-order valence-corrected chi connectivity index (χ3v) is 2.90. The minimum atomic E-state index is 0.997. The summed E-state index contributed by atoms with van der Waals surface area (Å²) >= 11 is 5.20. The van der Waals surface area contributed by atoms with Gasteiger partial charge in [0.25, 0.3) is 0 Å². The Morgan fingerprint density at radius 3 is 2.92 bits per heavy atom. The monoisotopic (exact) mass is 262 g/mol. The Morgan fingerprint density at radius 2 is 2.38 bits per heavy atom. The van der Waals surface area contributed by atoms with Crippen LogP contribution >= 0.6 is 27.3 Å². The molecule has 0 saturated carbocycles. The molecule has 1 aromatic heterocycles. The Morgan fingerprint density at radius 1 is 1.54 bits per heavy atom. The fourth-order valence-corrected chi connectivity index (χ4v) is 2.39. The van der Waals surface area contributed by atoms with Crippen LogP contribution in [0.4, 0.5) is 0 Å². The summed E-state index contributed by atoms with van der Waals surface area (Å²) in [6.45, 7) is 5.47. The van der Waals surface area contributed by atoms with Crippen LogP contribution in [0.3, 0.4) is 0 Å². The molecule has 0 spiro atoms. The lowest BCUT2D eigenvalue weighted by atomic mass is 10.4. The number of nitrogens with zero attached hydrogens (tertiary/aromatic N) is 2. The molecule has 0 aliphatic rings. The van der Waals surface area contributed by atoms with E-state index in [1.54, 1.807) is 11.3 Å². The predicted molar refractivity (Wildman–Crippen MR) is 61.5 cm³/mol. The molecule has 2 nitrogen and oxygen atoms in total. The lowest BCUT2D eigenvalue weighted by molar-refractivity contribution is 0.283. The molecule has 13 heavy (non-hydrogen) atoms. The van der Waals surface area contributed by atoms with E-state index in [1.165, 1.54) is 11.4 Å². The van der Waals surface area contributed by atoms with Gasteiger partial charge in [0.1, 0.15) is 5.01 Å². The van der Waals surface area contributed by atoms with Crippen LogP contribution in [-0.2, 0) is 6.54 Å². The van der Waals surface area contributed by atoms with Gasteiger partial charge in [0.15, 0.2) is 0 Å². The van der Waals surface area contributed by atoms with Crippen molar-refractivity contribution in [2.75, 3.05) is 18.4 Å². The van der Waals surface area contributed by atoms with E-state index < -0.39 is 0 Å². The van der Waals surface area contributed by atoms with Crippen molar-refractivity contribution in [3.05, 3.63) is 16.6 Å². The quantitative estimate of drug-likeness (QED) is 0.734. The van der Waals surface area contributed by atoms with Crippen molar-refractivity contribution in [2.24, 2.45) is 0 Å². The molecule has 1 heterocycles. The van der Waals surface area contributed by atoms with Crippen molar-refractivity contribution in [1.82, 2.24) is 9.88 Å². The van der Waals surface area contributed by atoms with E-state index in [0.717, 1.165) is 25.0 Å². The summed E-state index contributed by atoms with van der Waals surface area (Å²) in [6, 6.07) is 0. The minimum absolute atomic E-state index is 0.997. The average Bonchev–Trinajstić information content (AvgIpc) is 2.58. The van der Waals surface area contributed by atoms with Crippen LogP contribution in [-0.4, -0.2) is 28.3 Å². The first-order chi connectivity index (χ1) is 6.36. The lowest BCUT2D eigenvalue weighted by Crippen LogP contribution is -2.25. The van der Waals surface area contributed by atoms with E-state index >= 15 is 0 Å². The molecular formula is C9H15BrN2S. The summed E-state index contributed by atoms with van der Waals surface area (Å²) < 4.78 is 0. The highest BCUT2D eigenvalue weighted by Crippen LogP contribution is 2.08. The van der Waals surface area contributed by atoms with Crippen LogP contribution in [0.5, 0.6) is 0 Å². The first-order valence-electron chi connectivity index (χ1n) is 4.53. The van der Waals surface area contributed by atoms with Gasteiger partial charge in [-0.2, -0.15) is 0 Å². The number of aromatic nitrogens is 1. The Hall–Kier alpha value is 0.0700. The number of thiazole rings is 1. The molecule has 0 aliphatic heterocycles. The maximum absolute atomic E-state index is 4.28. The first-order valence-corrected chi connectivity index (χ1v) is 6.53. The molecule has 0 amide bonds. The van der Waals surface area contributed by atoms with Crippen molar-refractivity contribution in [1.29, 1.82) is 0 Å². The molecule has 74 valence electrons. The lowest BCUT2D eigenvalue weighted by Gasteiger charge is -2.18. The molecule has 0 fully saturated rings. The Labute approximate surface area is 92.1 Å². The molecule has 0 aromatic carbocycles. The third kappa shape index (κ3) is 4.20. The van der Waals surface area contributed by atoms with Gasteiger partial charge in [-0.1, -0.05) is 22.9 Å². The number of rotatable bonds is 6. The van der Waals surface area contributed by atoms with E-state index in [9.17, 15) is 0 Å². The molecule has 0 N–H and O–H groups in total. The van der Waals surface area contributed by atoms with Gasteiger partial charge in [0.05, 0.1) is 6.54 Å². The highest BCUT2D eigenvalue weighted by atomic mass is 79.9. The van der Waals surface area contributed by atoms with Crippen molar-refractivity contribution in [3.8, 4) is 0 Å². The first kappa shape index (κ1) is 11.1. The van der Waals surface area contributed by atoms with Gasteiger partial charge in [-0.3, -0.25) is 4.90 Å². The molecule has 0 aliphatic carbocycles. The van der Waals surface area contributed by atoms with E-state index in [2.05, 4.69) is 32.7 Å². The molecule has 1 aromatic rings. The molecule has 4 heteroatoms. The summed E-state index contributed by atoms with van der Waals surface area (Å²) in [5.74, 6) is 0. The Balaban J connectivity index is 2.37. The molecule has 1 rings (SSSR count). The van der Waals surface area contributed by atoms with Crippen molar-refractivity contribution in [2.45, 2.75) is 19.9 Å². The molecule has 0 atom stereocenters. The van der Waals surface area contributed by atoms with Crippen molar-refractivity contribution in [3.63, 3.8) is 0 Å². The maximum atomic E-state index is 4.28. The highest BCUT2D eigenvalue weighted by molar-refractivity contribution is 9.09. The standard InChI is InChI=1S/C9H15BrN2S/c1-2-5-12(6-3-10)8-9-11-4-7-13-9/h4,7H,2-3,5-6,8H2,1H3. The zero-order valence-corrected chi connectivity index (χ0v) is 10.3. The van der Waals surface area contributed by atoms with Crippen molar-refractivity contribution < 1.29 is 0 Å². The van der Waals surface area contributed by atoms with Gasteiger partial charge < -0.3 is 0 Å². The molecule has 0 bridgehead atoms. The number of alkyl halides is 1. The van der Waals surface area contributed by atoms with Crippen LogP contribution in [0, 0.1) is 0 Å².